The number of nitrogens with one attached hydrogen (secondary N) is 1. The molecule has 0 saturated heterocycles. The summed E-state index contributed by atoms with van der Waals surface area (Å²) in [5, 5.41) is 3.26. The molecule has 0 bridgehead atoms. The van der Waals surface area contributed by atoms with Crippen LogP contribution in [0.5, 0.6) is 0 Å². The smallest absolute Gasteiger partial charge is 0.143 e. The van der Waals surface area contributed by atoms with Gasteiger partial charge in [0.15, 0.2) is 0 Å². The van der Waals surface area contributed by atoms with Gasteiger partial charge < -0.3 is 11.1 Å². The Kier molecular flexibility index (Phi) is 4.27. The van der Waals surface area contributed by atoms with Crippen molar-refractivity contribution < 1.29 is 4.39 Å². The zero-order valence-corrected chi connectivity index (χ0v) is 11.5. The van der Waals surface area contributed by atoms with Gasteiger partial charge in [-0.15, -0.1) is 0 Å². The molecule has 0 amide bonds. The lowest BCUT2D eigenvalue weighted by Crippen LogP contribution is -2.08. The van der Waals surface area contributed by atoms with Crippen molar-refractivity contribution in [1.82, 2.24) is 0 Å². The zero-order valence-electron chi connectivity index (χ0n) is 10.7. The molecule has 0 aliphatic heterocycles. The van der Waals surface area contributed by atoms with Crippen molar-refractivity contribution in [3.63, 3.8) is 0 Å². The molecule has 0 fully saturated rings. The summed E-state index contributed by atoms with van der Waals surface area (Å²) < 4.78 is 13.2. The fraction of sp³-hybridized carbons (Fsp3) is 0.200. The fourth-order valence-corrected chi connectivity index (χ4v) is 2.10. The van der Waals surface area contributed by atoms with Crippen molar-refractivity contribution >= 4 is 23.0 Å². The molecule has 2 aromatic carbocycles. The van der Waals surface area contributed by atoms with Crippen LogP contribution in [-0.2, 0) is 6.42 Å². The summed E-state index contributed by atoms with van der Waals surface area (Å²) in [5.41, 5.74) is 9.31. The first-order chi connectivity index (χ1) is 9.08. The van der Waals surface area contributed by atoms with Gasteiger partial charge in [0.05, 0.1) is 16.4 Å². The van der Waals surface area contributed by atoms with E-state index >= 15 is 0 Å². The molecule has 0 unspecified atom stereocenters. The molecule has 19 heavy (non-hydrogen) atoms. The third-order valence-electron chi connectivity index (χ3n) is 3.06. The molecule has 2 nitrogen and oxygen atoms in total. The van der Waals surface area contributed by atoms with E-state index in [9.17, 15) is 4.39 Å². The maximum Gasteiger partial charge on any atom is 0.143 e. The number of nitrogens with two attached hydrogens (primary N) is 1. The summed E-state index contributed by atoms with van der Waals surface area (Å²) in [6.07, 6.45) is 0.876. The largest absolute Gasteiger partial charge is 0.397 e. The number of aryl methyl sites for hydroxylation is 1. The molecule has 0 aliphatic rings. The minimum atomic E-state index is -0.497. The number of hydrogen-bond acceptors (Lipinski definition) is 2. The highest BCUT2D eigenvalue weighted by Gasteiger charge is 2.06. The monoisotopic (exact) mass is 278 g/mol. The summed E-state index contributed by atoms with van der Waals surface area (Å²) >= 11 is 5.74. The maximum absolute atomic E-state index is 13.2. The second-order valence-electron chi connectivity index (χ2n) is 4.46. The predicted molar refractivity (Wildman–Crippen MR) is 79.2 cm³/mol. The van der Waals surface area contributed by atoms with E-state index in [1.54, 1.807) is 0 Å². The van der Waals surface area contributed by atoms with Crippen molar-refractivity contribution in [1.29, 1.82) is 0 Å². The quantitative estimate of drug-likeness (QED) is 0.829. The Bertz CT molecular complexity index is 584. The summed E-state index contributed by atoms with van der Waals surface area (Å²) in [6, 6.07) is 11.0. The molecule has 0 radical (unpaired) electrons. The summed E-state index contributed by atoms with van der Waals surface area (Å²) in [7, 11) is 0. The fourth-order valence-electron chi connectivity index (χ4n) is 1.94. The maximum atomic E-state index is 13.2. The Morgan fingerprint density at radius 2 is 2.00 bits per heavy atom. The van der Waals surface area contributed by atoms with Gasteiger partial charge in [-0.3, -0.25) is 0 Å². The Balaban J connectivity index is 2.00. The van der Waals surface area contributed by atoms with E-state index in [4.69, 9.17) is 17.3 Å². The molecule has 2 rings (SSSR count). The molecule has 0 aromatic heterocycles. The normalized spacial score (nSPS) is 10.5. The van der Waals surface area contributed by atoms with Crippen LogP contribution < -0.4 is 11.1 Å². The van der Waals surface area contributed by atoms with Gasteiger partial charge >= 0.3 is 0 Å². The average molecular weight is 279 g/mol. The Labute approximate surface area is 117 Å². The van der Waals surface area contributed by atoms with Crippen molar-refractivity contribution in [2.45, 2.75) is 13.3 Å². The van der Waals surface area contributed by atoms with E-state index in [0.717, 1.165) is 13.0 Å². The van der Waals surface area contributed by atoms with E-state index in [1.165, 1.54) is 23.3 Å². The Morgan fingerprint density at radius 1 is 1.26 bits per heavy atom. The molecular weight excluding hydrogens is 263 g/mol. The minimum absolute atomic E-state index is 0.0765. The highest BCUT2D eigenvalue weighted by molar-refractivity contribution is 6.31. The van der Waals surface area contributed by atoms with Crippen LogP contribution in [0.3, 0.4) is 0 Å². The topological polar surface area (TPSA) is 38.0 Å². The minimum Gasteiger partial charge on any atom is -0.397 e. The Hall–Kier alpha value is -1.74. The highest BCUT2D eigenvalue weighted by atomic mass is 35.5. The van der Waals surface area contributed by atoms with Crippen LogP contribution in [-0.4, -0.2) is 6.54 Å². The van der Waals surface area contributed by atoms with Gasteiger partial charge in [0.2, 0.25) is 0 Å². The first-order valence-electron chi connectivity index (χ1n) is 6.11. The van der Waals surface area contributed by atoms with Crippen molar-refractivity contribution in [3.05, 3.63) is 58.4 Å². The molecule has 0 saturated carbocycles. The number of nitrogen functional groups attached to an aromatic ring is 1. The molecule has 100 valence electrons. The summed E-state index contributed by atoms with van der Waals surface area (Å²) in [5.74, 6) is -0.497. The lowest BCUT2D eigenvalue weighted by atomic mass is 10.1. The van der Waals surface area contributed by atoms with Crippen LogP contribution >= 0.6 is 11.6 Å². The molecule has 0 spiro atoms. The lowest BCUT2D eigenvalue weighted by molar-refractivity contribution is 0.629. The zero-order chi connectivity index (χ0) is 13.8. The van der Waals surface area contributed by atoms with Gasteiger partial charge in [0.25, 0.3) is 0 Å². The van der Waals surface area contributed by atoms with Crippen LogP contribution in [0.4, 0.5) is 15.8 Å². The molecule has 4 heteroatoms. The van der Waals surface area contributed by atoms with E-state index in [1.807, 2.05) is 12.1 Å². The third kappa shape index (κ3) is 3.38. The number of benzene rings is 2. The molecular formula is C15H16ClFN2. The van der Waals surface area contributed by atoms with E-state index in [-0.39, 0.29) is 5.02 Å². The van der Waals surface area contributed by atoms with Gasteiger partial charge in [0, 0.05) is 12.6 Å². The molecule has 2 aromatic rings. The van der Waals surface area contributed by atoms with Crippen molar-refractivity contribution in [2.24, 2.45) is 0 Å². The molecule has 0 aliphatic carbocycles. The van der Waals surface area contributed by atoms with Gasteiger partial charge in [0.1, 0.15) is 5.82 Å². The third-order valence-corrected chi connectivity index (χ3v) is 3.35. The van der Waals surface area contributed by atoms with Crippen LogP contribution in [0.1, 0.15) is 11.1 Å². The van der Waals surface area contributed by atoms with Gasteiger partial charge in [-0.2, -0.15) is 0 Å². The van der Waals surface area contributed by atoms with Gasteiger partial charge in [-0.25, -0.2) is 4.39 Å². The van der Waals surface area contributed by atoms with Crippen LogP contribution in [0.25, 0.3) is 0 Å². The first kappa shape index (κ1) is 13.7. The first-order valence-corrected chi connectivity index (χ1v) is 6.48. The number of halogens is 2. The lowest BCUT2D eigenvalue weighted by Gasteiger charge is -2.11. The Morgan fingerprint density at radius 3 is 2.74 bits per heavy atom. The average Bonchev–Trinajstić information content (AvgIpc) is 2.38. The van der Waals surface area contributed by atoms with Crippen molar-refractivity contribution in [3.8, 4) is 0 Å². The number of hydrogen-bond donors (Lipinski definition) is 2. The predicted octanol–water partition coefficient (Wildman–Crippen LogP) is 4.02. The number of anilines is 2. The van der Waals surface area contributed by atoms with Crippen LogP contribution in [0, 0.1) is 12.7 Å². The van der Waals surface area contributed by atoms with Crippen LogP contribution in [0.15, 0.2) is 36.4 Å². The molecule has 0 heterocycles. The summed E-state index contributed by atoms with van der Waals surface area (Å²) in [6.45, 7) is 2.80. The van der Waals surface area contributed by atoms with Crippen LogP contribution in [0.2, 0.25) is 5.02 Å². The molecule has 3 N–H and O–H groups in total. The highest BCUT2D eigenvalue weighted by Crippen LogP contribution is 2.26. The summed E-state index contributed by atoms with van der Waals surface area (Å²) in [4.78, 5) is 0. The van der Waals surface area contributed by atoms with Gasteiger partial charge in [-0.05, 0) is 30.5 Å². The van der Waals surface area contributed by atoms with E-state index in [2.05, 4.69) is 24.4 Å². The van der Waals surface area contributed by atoms with Gasteiger partial charge in [-0.1, -0.05) is 35.9 Å². The van der Waals surface area contributed by atoms with Crippen molar-refractivity contribution in [2.75, 3.05) is 17.6 Å². The number of rotatable bonds is 4. The van der Waals surface area contributed by atoms with E-state index in [0.29, 0.717) is 11.4 Å². The standard InChI is InChI=1S/C15H16ClFN2/c1-10-4-2-3-5-11(10)6-7-19-15-8-12(16)13(17)9-14(15)18/h2-5,8-9,19H,6-7,18H2,1H3. The van der Waals surface area contributed by atoms with E-state index < -0.39 is 5.82 Å². The second-order valence-corrected chi connectivity index (χ2v) is 4.86. The molecule has 0 atom stereocenters. The second kappa shape index (κ2) is 5.93. The SMILES string of the molecule is Cc1ccccc1CCNc1cc(Cl)c(F)cc1N.